The molecule has 0 spiro atoms. The van der Waals surface area contributed by atoms with Crippen molar-refractivity contribution in [3.05, 3.63) is 68.3 Å². The van der Waals surface area contributed by atoms with E-state index in [2.05, 4.69) is 20.5 Å². The first-order valence-electron chi connectivity index (χ1n) is 15.0. The van der Waals surface area contributed by atoms with E-state index in [1.54, 1.807) is 6.08 Å². The molecule has 2 amide bonds. The fraction of sp³-hybridized carbons (Fsp3) is 0.400. The van der Waals surface area contributed by atoms with Gasteiger partial charge in [-0.25, -0.2) is 13.8 Å². The number of fused-ring (bicyclic) bond motifs is 2. The molecule has 0 radical (unpaired) electrons. The maximum absolute atomic E-state index is 15.3. The molecule has 13 nitrogen and oxygen atoms in total. The number of allylic oxidation sites excluding steroid dienone is 1. The van der Waals surface area contributed by atoms with Crippen LogP contribution in [0.15, 0.2) is 39.7 Å². The monoisotopic (exact) mass is 674 g/mol. The van der Waals surface area contributed by atoms with Gasteiger partial charge in [0.1, 0.15) is 23.8 Å². The van der Waals surface area contributed by atoms with Crippen LogP contribution in [0.25, 0.3) is 22.2 Å². The molecule has 47 heavy (non-hydrogen) atoms. The molecule has 7 rings (SSSR count). The van der Waals surface area contributed by atoms with Gasteiger partial charge in [0.05, 0.1) is 40.9 Å². The van der Waals surface area contributed by atoms with Crippen molar-refractivity contribution in [2.75, 3.05) is 39.4 Å². The van der Waals surface area contributed by atoms with Crippen LogP contribution in [0, 0.1) is 11.6 Å². The number of nitrogens with zero attached hydrogens (tertiary/aromatic N) is 5. The summed E-state index contributed by atoms with van der Waals surface area (Å²) in [5, 5.41) is 14.9. The molecule has 4 aliphatic heterocycles. The number of aromatic nitrogens is 3. The van der Waals surface area contributed by atoms with E-state index >= 15 is 8.78 Å². The Hall–Kier alpha value is -4.54. The molecule has 0 aliphatic carbocycles. The van der Waals surface area contributed by atoms with Crippen LogP contribution < -0.4 is 21.9 Å². The minimum atomic E-state index is -1.78. The summed E-state index contributed by atoms with van der Waals surface area (Å²) in [5.41, 5.74) is 3.39. The first kappa shape index (κ1) is 31.1. The summed E-state index contributed by atoms with van der Waals surface area (Å²) < 4.78 is 53.0. The zero-order chi connectivity index (χ0) is 33.1. The van der Waals surface area contributed by atoms with Crippen molar-refractivity contribution in [3.63, 3.8) is 0 Å². The van der Waals surface area contributed by atoms with E-state index in [9.17, 15) is 23.9 Å². The van der Waals surface area contributed by atoms with Gasteiger partial charge in [-0.1, -0.05) is 11.6 Å². The van der Waals surface area contributed by atoms with Crippen molar-refractivity contribution in [3.8, 4) is 16.9 Å². The van der Waals surface area contributed by atoms with Gasteiger partial charge in [-0.3, -0.25) is 23.9 Å². The van der Waals surface area contributed by atoms with E-state index in [-0.39, 0.29) is 27.3 Å². The van der Waals surface area contributed by atoms with Crippen LogP contribution in [-0.2, 0) is 29.0 Å². The molecule has 2 fully saturated rings. The lowest BCUT2D eigenvalue weighted by atomic mass is 10.0. The summed E-state index contributed by atoms with van der Waals surface area (Å²) >= 11 is 6.27. The lowest BCUT2D eigenvalue weighted by Crippen LogP contribution is -2.57. The third-order valence-corrected chi connectivity index (χ3v) is 9.38. The number of dihydropyridines is 1. The van der Waals surface area contributed by atoms with Gasteiger partial charge < -0.3 is 35.7 Å². The first-order valence-corrected chi connectivity index (χ1v) is 15.4. The second-order valence-corrected chi connectivity index (χ2v) is 12.2. The number of nitrogens with one attached hydrogen (secondary N) is 2. The number of aromatic hydroxyl groups is 1. The Labute approximate surface area is 270 Å². The van der Waals surface area contributed by atoms with Crippen LogP contribution in [0.1, 0.15) is 22.6 Å². The van der Waals surface area contributed by atoms with Crippen LogP contribution in [0.5, 0.6) is 5.75 Å². The third-order valence-electron chi connectivity index (χ3n) is 8.99. The number of benzene rings is 1. The highest BCUT2D eigenvalue weighted by atomic mass is 35.5. The largest absolute Gasteiger partial charge is 0.504 e. The maximum atomic E-state index is 15.3. The number of ether oxygens (including phenoxy) is 1. The minimum Gasteiger partial charge on any atom is -0.504 e. The number of carbonyl (C=O) groups excluding carboxylic acids is 2. The fourth-order valence-corrected chi connectivity index (χ4v) is 6.57. The van der Waals surface area contributed by atoms with Gasteiger partial charge in [-0.15, -0.1) is 0 Å². The molecule has 2 saturated heterocycles. The standard InChI is InChI=1S/C30H30ClF3N8O5/c31-23-18(9-20(37-27(23)34)40-6-4-39(5-7-40)14-12-47-13-14)36-21(43)11-41-10-17(15-8-16(28(35)45)26(44)25(33)24(15)32)22-29(41)38-19-2-1-3-42(19)30(22)46/h8-10,14,27,37,44H,1-7,11-13H2,(H2,35,45)(H,36,43). The van der Waals surface area contributed by atoms with Crippen LogP contribution in [0.3, 0.4) is 0 Å². The topological polar surface area (TPSA) is 160 Å². The average Bonchev–Trinajstić information content (AvgIpc) is 3.63. The van der Waals surface area contributed by atoms with Crippen molar-refractivity contribution in [1.29, 1.82) is 0 Å². The third kappa shape index (κ3) is 5.39. The Morgan fingerprint density at radius 3 is 2.57 bits per heavy atom. The molecule has 6 heterocycles. The second-order valence-electron chi connectivity index (χ2n) is 11.8. The fourth-order valence-electron chi connectivity index (χ4n) is 6.42. The molecule has 1 aromatic carbocycles. The summed E-state index contributed by atoms with van der Waals surface area (Å²) in [6.45, 7) is 4.04. The van der Waals surface area contributed by atoms with Crippen LogP contribution in [0.2, 0.25) is 0 Å². The smallest absolute Gasteiger partial charge is 0.263 e. The molecule has 1 unspecified atom stereocenters. The molecule has 0 bridgehead atoms. The summed E-state index contributed by atoms with van der Waals surface area (Å²) in [6.07, 6.45) is 2.12. The number of rotatable bonds is 7. The van der Waals surface area contributed by atoms with Crippen LogP contribution >= 0.6 is 11.6 Å². The Balaban J connectivity index is 1.20. The number of nitrogens with two attached hydrogens (primary N) is 1. The van der Waals surface area contributed by atoms with Crippen LogP contribution in [-0.4, -0.2) is 92.6 Å². The van der Waals surface area contributed by atoms with E-state index in [0.717, 1.165) is 19.2 Å². The van der Waals surface area contributed by atoms with Gasteiger partial charge in [-0.05, 0) is 12.5 Å². The number of amides is 2. The van der Waals surface area contributed by atoms with Crippen LogP contribution in [0.4, 0.5) is 13.2 Å². The number of hydrogen-bond acceptors (Lipinski definition) is 9. The summed E-state index contributed by atoms with van der Waals surface area (Å²) in [6, 6.07) is 1.23. The van der Waals surface area contributed by atoms with Gasteiger partial charge >= 0.3 is 0 Å². The van der Waals surface area contributed by atoms with Crippen molar-refractivity contribution < 1.29 is 32.6 Å². The van der Waals surface area contributed by atoms with Gasteiger partial charge in [-0.2, -0.15) is 4.39 Å². The normalized spacial score (nSPS) is 20.2. The Morgan fingerprint density at radius 2 is 1.89 bits per heavy atom. The quantitative estimate of drug-likeness (QED) is 0.270. The molecule has 3 aromatic rings. The summed E-state index contributed by atoms with van der Waals surface area (Å²) in [4.78, 5) is 47.8. The predicted molar refractivity (Wildman–Crippen MR) is 163 cm³/mol. The number of piperazine rings is 1. The Kier molecular flexibility index (Phi) is 7.88. The average molecular weight is 675 g/mol. The minimum absolute atomic E-state index is 0.0153. The first-order chi connectivity index (χ1) is 22.5. The number of hydrogen-bond donors (Lipinski definition) is 4. The summed E-state index contributed by atoms with van der Waals surface area (Å²) in [5.74, 6) is -5.50. The molecule has 0 saturated carbocycles. The SMILES string of the molecule is NC(=O)c1cc(-c2cn(CC(=O)NC3=C(Cl)C(F)NC(N4CCN(C5COC5)CC4)=C3)c3nc4n(c(=O)c23)CCC4)c(F)c(F)c1O. The van der Waals surface area contributed by atoms with E-state index in [4.69, 9.17) is 22.1 Å². The highest BCUT2D eigenvalue weighted by Gasteiger charge is 2.32. The molecule has 5 N–H and O–H groups in total. The number of phenols is 1. The second kappa shape index (κ2) is 11.9. The van der Waals surface area contributed by atoms with Gasteiger partial charge in [0, 0.05) is 62.5 Å². The zero-order valence-corrected chi connectivity index (χ0v) is 25.6. The number of carbonyl (C=O) groups is 2. The Bertz CT molecular complexity index is 1950. The molecular weight excluding hydrogens is 645 g/mol. The predicted octanol–water partition coefficient (Wildman–Crippen LogP) is 1.22. The molecule has 248 valence electrons. The molecule has 1 atom stereocenters. The van der Waals surface area contributed by atoms with E-state index in [0.29, 0.717) is 63.4 Å². The molecule has 2 aromatic heterocycles. The molecular formula is C30H30ClF3N8O5. The Morgan fingerprint density at radius 1 is 1.15 bits per heavy atom. The maximum Gasteiger partial charge on any atom is 0.263 e. The van der Waals surface area contributed by atoms with Crippen molar-refractivity contribution in [1.82, 2.24) is 34.6 Å². The van der Waals surface area contributed by atoms with Gasteiger partial charge in [0.25, 0.3) is 11.5 Å². The number of primary amides is 1. The summed E-state index contributed by atoms with van der Waals surface area (Å²) in [7, 11) is 0. The van der Waals surface area contributed by atoms with E-state index < -0.39 is 58.7 Å². The highest BCUT2D eigenvalue weighted by molar-refractivity contribution is 6.30. The van der Waals surface area contributed by atoms with E-state index in [1.807, 2.05) is 4.90 Å². The lowest BCUT2D eigenvalue weighted by Gasteiger charge is -2.44. The number of halogens is 4. The molecule has 4 aliphatic rings. The van der Waals surface area contributed by atoms with Crippen molar-refractivity contribution in [2.45, 2.75) is 38.3 Å². The van der Waals surface area contributed by atoms with Gasteiger partial charge in [0.15, 0.2) is 11.6 Å². The van der Waals surface area contributed by atoms with Crippen molar-refractivity contribution in [2.24, 2.45) is 5.73 Å². The lowest BCUT2D eigenvalue weighted by molar-refractivity contribution is -0.120. The number of aryl methyl sites for hydroxylation is 1. The highest BCUT2D eigenvalue weighted by Crippen LogP contribution is 2.36. The molecule has 17 heteroatoms. The van der Waals surface area contributed by atoms with E-state index in [1.165, 1.54) is 15.3 Å². The zero-order valence-electron chi connectivity index (χ0n) is 24.9. The van der Waals surface area contributed by atoms with Gasteiger partial charge in [0.2, 0.25) is 18.0 Å². The van der Waals surface area contributed by atoms with Crippen molar-refractivity contribution >= 4 is 34.4 Å². The number of alkyl halides is 1.